The molecule has 0 aromatic rings. The number of methoxy groups -OCH3 is 1. The molecule has 0 bridgehead atoms. The summed E-state index contributed by atoms with van der Waals surface area (Å²) >= 11 is 0. The summed E-state index contributed by atoms with van der Waals surface area (Å²) in [7, 11) is 1.72. The number of ether oxygens (including phenoxy) is 3. The van der Waals surface area contributed by atoms with Gasteiger partial charge in [0.05, 0.1) is 25.2 Å². The summed E-state index contributed by atoms with van der Waals surface area (Å²) in [6.45, 7) is 7.44. The van der Waals surface area contributed by atoms with E-state index in [0.717, 1.165) is 25.0 Å². The fourth-order valence-electron chi connectivity index (χ4n) is 4.19. The molecule has 0 amide bonds. The van der Waals surface area contributed by atoms with E-state index in [9.17, 15) is 0 Å². The standard InChI is InChI=1S/C18H29NO3/c1-13-8-10-18(12-22-18)16(15(13)20-3)17(2,19)21-11-9-14-6-4-5-7-14/h9,15-16H,1,4-8,10-12,19H2,2-3H3/t15-,16-,17+,18+/m1/s1. The Morgan fingerprint density at radius 3 is 2.68 bits per heavy atom. The van der Waals surface area contributed by atoms with Crippen molar-refractivity contribution in [1.82, 2.24) is 0 Å². The van der Waals surface area contributed by atoms with Crippen molar-refractivity contribution in [2.24, 2.45) is 11.7 Å². The molecule has 4 nitrogen and oxygen atoms in total. The zero-order chi connectivity index (χ0) is 15.8. The van der Waals surface area contributed by atoms with Crippen LogP contribution >= 0.6 is 0 Å². The van der Waals surface area contributed by atoms with Crippen LogP contribution in [-0.4, -0.2) is 37.8 Å². The average molecular weight is 307 g/mol. The molecule has 4 heteroatoms. The molecule has 22 heavy (non-hydrogen) atoms. The van der Waals surface area contributed by atoms with Gasteiger partial charge in [0.1, 0.15) is 11.3 Å². The predicted octanol–water partition coefficient (Wildman–Crippen LogP) is 2.93. The molecule has 2 N–H and O–H groups in total. The van der Waals surface area contributed by atoms with E-state index < -0.39 is 5.72 Å². The van der Waals surface area contributed by atoms with Gasteiger partial charge in [-0.1, -0.05) is 18.2 Å². The Labute approximate surface area is 133 Å². The number of allylic oxidation sites excluding steroid dienone is 1. The monoisotopic (exact) mass is 307 g/mol. The first-order valence-electron chi connectivity index (χ1n) is 8.44. The third-order valence-electron chi connectivity index (χ3n) is 5.54. The Morgan fingerprint density at radius 1 is 1.41 bits per heavy atom. The predicted molar refractivity (Wildman–Crippen MR) is 86.4 cm³/mol. The van der Waals surface area contributed by atoms with Crippen LogP contribution in [0.15, 0.2) is 23.8 Å². The minimum atomic E-state index is -0.782. The van der Waals surface area contributed by atoms with Crippen molar-refractivity contribution < 1.29 is 14.2 Å². The molecule has 0 aromatic heterocycles. The van der Waals surface area contributed by atoms with Crippen LogP contribution in [0.2, 0.25) is 0 Å². The molecule has 0 unspecified atom stereocenters. The van der Waals surface area contributed by atoms with Crippen LogP contribution in [0, 0.1) is 5.92 Å². The summed E-state index contributed by atoms with van der Waals surface area (Å²) in [4.78, 5) is 0. The van der Waals surface area contributed by atoms with Crippen molar-refractivity contribution >= 4 is 0 Å². The summed E-state index contributed by atoms with van der Waals surface area (Å²) in [5.74, 6) is -0.00627. The van der Waals surface area contributed by atoms with Gasteiger partial charge in [0.15, 0.2) is 0 Å². The second-order valence-corrected chi connectivity index (χ2v) is 7.21. The van der Waals surface area contributed by atoms with E-state index in [-0.39, 0.29) is 17.6 Å². The molecule has 3 rings (SSSR count). The van der Waals surface area contributed by atoms with Crippen LogP contribution in [-0.2, 0) is 14.2 Å². The molecule has 2 saturated carbocycles. The Morgan fingerprint density at radius 2 is 2.09 bits per heavy atom. The molecule has 3 aliphatic rings. The van der Waals surface area contributed by atoms with Gasteiger partial charge >= 0.3 is 0 Å². The molecule has 1 aliphatic heterocycles. The van der Waals surface area contributed by atoms with Crippen molar-refractivity contribution in [3.8, 4) is 0 Å². The van der Waals surface area contributed by atoms with E-state index in [1.807, 2.05) is 6.92 Å². The maximum Gasteiger partial charge on any atom is 0.122 e. The number of epoxide rings is 1. The van der Waals surface area contributed by atoms with Gasteiger partial charge in [0.25, 0.3) is 0 Å². The molecular formula is C18H29NO3. The van der Waals surface area contributed by atoms with Crippen molar-refractivity contribution in [2.45, 2.75) is 62.9 Å². The third kappa shape index (κ3) is 3.02. The molecule has 0 aromatic carbocycles. The smallest absolute Gasteiger partial charge is 0.122 e. The van der Waals surface area contributed by atoms with Gasteiger partial charge in [0, 0.05) is 7.11 Å². The molecule has 4 atom stereocenters. The maximum atomic E-state index is 6.57. The van der Waals surface area contributed by atoms with Crippen LogP contribution in [0.5, 0.6) is 0 Å². The number of rotatable bonds is 5. The highest BCUT2D eigenvalue weighted by molar-refractivity contribution is 5.21. The lowest BCUT2D eigenvalue weighted by Gasteiger charge is -2.45. The van der Waals surface area contributed by atoms with Crippen molar-refractivity contribution in [3.05, 3.63) is 23.8 Å². The molecule has 2 aliphatic carbocycles. The van der Waals surface area contributed by atoms with E-state index in [1.54, 1.807) is 7.11 Å². The summed E-state index contributed by atoms with van der Waals surface area (Å²) in [5.41, 5.74) is 8.22. The number of nitrogens with two attached hydrogens (primary N) is 1. The minimum absolute atomic E-state index is 0.00627. The van der Waals surface area contributed by atoms with Crippen LogP contribution in [0.3, 0.4) is 0 Å². The van der Waals surface area contributed by atoms with E-state index in [4.69, 9.17) is 19.9 Å². The first-order valence-corrected chi connectivity index (χ1v) is 8.44. The Balaban J connectivity index is 1.70. The van der Waals surface area contributed by atoms with E-state index >= 15 is 0 Å². The van der Waals surface area contributed by atoms with Crippen molar-refractivity contribution in [1.29, 1.82) is 0 Å². The van der Waals surface area contributed by atoms with E-state index in [2.05, 4.69) is 12.7 Å². The lowest BCUT2D eigenvalue weighted by Crippen LogP contribution is -2.60. The zero-order valence-corrected chi connectivity index (χ0v) is 13.9. The summed E-state index contributed by atoms with van der Waals surface area (Å²) in [5, 5.41) is 0. The van der Waals surface area contributed by atoms with Gasteiger partial charge < -0.3 is 19.9 Å². The van der Waals surface area contributed by atoms with Gasteiger partial charge in [0.2, 0.25) is 0 Å². The largest absolute Gasteiger partial charge is 0.377 e. The highest BCUT2D eigenvalue weighted by Gasteiger charge is 2.62. The van der Waals surface area contributed by atoms with Gasteiger partial charge in [-0.25, -0.2) is 0 Å². The SMILES string of the molecule is C=C1CC[C@]2(CO2)[C@@H]([C@@](C)(N)OCC=C2CCCC2)[C@@H]1OC. The summed E-state index contributed by atoms with van der Waals surface area (Å²) in [6.07, 6.45) is 9.04. The molecule has 1 spiro atoms. The van der Waals surface area contributed by atoms with Gasteiger partial charge in [-0.3, -0.25) is 0 Å². The van der Waals surface area contributed by atoms with Crippen molar-refractivity contribution in [3.63, 3.8) is 0 Å². The Kier molecular flexibility index (Phi) is 4.47. The first kappa shape index (κ1) is 16.2. The Bertz CT molecular complexity index is 457. The summed E-state index contributed by atoms with van der Waals surface area (Å²) in [6, 6.07) is 0. The van der Waals surface area contributed by atoms with Crippen molar-refractivity contribution in [2.75, 3.05) is 20.3 Å². The van der Waals surface area contributed by atoms with Crippen LogP contribution < -0.4 is 5.73 Å². The maximum absolute atomic E-state index is 6.57. The molecule has 1 saturated heterocycles. The van der Waals surface area contributed by atoms with Crippen LogP contribution in [0.25, 0.3) is 0 Å². The van der Waals surface area contributed by atoms with E-state index in [0.29, 0.717) is 6.61 Å². The number of hydrogen-bond acceptors (Lipinski definition) is 4. The van der Waals surface area contributed by atoms with Crippen LogP contribution in [0.1, 0.15) is 45.4 Å². The van der Waals surface area contributed by atoms with Gasteiger partial charge in [-0.2, -0.15) is 0 Å². The second-order valence-electron chi connectivity index (χ2n) is 7.21. The van der Waals surface area contributed by atoms with E-state index in [1.165, 1.54) is 31.3 Å². The highest BCUT2D eigenvalue weighted by atomic mass is 16.6. The molecule has 1 heterocycles. The lowest BCUT2D eigenvalue weighted by atomic mass is 9.70. The average Bonchev–Trinajstić information content (AvgIpc) is 3.04. The van der Waals surface area contributed by atoms with Gasteiger partial charge in [-0.05, 0) is 51.0 Å². The highest BCUT2D eigenvalue weighted by Crippen LogP contribution is 2.52. The number of hydrogen-bond donors (Lipinski definition) is 1. The fourth-order valence-corrected chi connectivity index (χ4v) is 4.19. The van der Waals surface area contributed by atoms with Crippen LogP contribution in [0.4, 0.5) is 0 Å². The minimum Gasteiger partial charge on any atom is -0.377 e. The second kappa shape index (κ2) is 6.08. The topological polar surface area (TPSA) is 57.0 Å². The molecule has 3 fully saturated rings. The Hall–Kier alpha value is -0.680. The molecule has 0 radical (unpaired) electrons. The lowest BCUT2D eigenvalue weighted by molar-refractivity contribution is -0.131. The summed E-state index contributed by atoms with van der Waals surface area (Å²) < 4.78 is 17.6. The molecule has 124 valence electrons. The molecular weight excluding hydrogens is 278 g/mol. The normalized spacial score (nSPS) is 37.4. The third-order valence-corrected chi connectivity index (χ3v) is 5.54. The fraction of sp³-hybridized carbons (Fsp3) is 0.778. The quantitative estimate of drug-likeness (QED) is 0.482. The van der Waals surface area contributed by atoms with Gasteiger partial charge in [-0.15, -0.1) is 0 Å². The zero-order valence-electron chi connectivity index (χ0n) is 13.9. The first-order chi connectivity index (χ1) is 10.5.